The minimum atomic E-state index is -0.143. The van der Waals surface area contributed by atoms with Crippen LogP contribution in [0.2, 0.25) is 5.02 Å². The van der Waals surface area contributed by atoms with E-state index in [1.807, 2.05) is 54.8 Å². The third kappa shape index (κ3) is 3.18. The lowest BCUT2D eigenvalue weighted by atomic mass is 10.1. The van der Waals surface area contributed by atoms with Crippen molar-refractivity contribution in [3.63, 3.8) is 0 Å². The maximum atomic E-state index is 12.3. The SMILES string of the molecule is Cc1ccccc1C(=O)Nc1nc(-c2ccc(Cl)cc2)cs1. The average Bonchev–Trinajstić information content (AvgIpc) is 2.97. The average molecular weight is 329 g/mol. The summed E-state index contributed by atoms with van der Waals surface area (Å²) in [5.41, 5.74) is 3.39. The van der Waals surface area contributed by atoms with E-state index in [1.54, 1.807) is 6.07 Å². The van der Waals surface area contributed by atoms with Crippen LogP contribution < -0.4 is 5.32 Å². The van der Waals surface area contributed by atoms with Gasteiger partial charge in [-0.3, -0.25) is 10.1 Å². The molecule has 5 heteroatoms. The molecule has 1 heterocycles. The summed E-state index contributed by atoms with van der Waals surface area (Å²) in [4.78, 5) is 16.7. The van der Waals surface area contributed by atoms with Gasteiger partial charge >= 0.3 is 0 Å². The van der Waals surface area contributed by atoms with Crippen molar-refractivity contribution in [2.24, 2.45) is 0 Å². The minimum Gasteiger partial charge on any atom is -0.298 e. The number of carbonyl (C=O) groups excluding carboxylic acids is 1. The summed E-state index contributed by atoms with van der Waals surface area (Å²) in [5, 5.41) is 6.03. The standard InChI is InChI=1S/C17H13ClN2OS/c1-11-4-2-3-5-14(11)16(21)20-17-19-15(10-22-17)12-6-8-13(18)9-7-12/h2-10H,1H3,(H,19,20,21). The highest BCUT2D eigenvalue weighted by atomic mass is 35.5. The van der Waals surface area contributed by atoms with Crippen LogP contribution >= 0.6 is 22.9 Å². The number of hydrogen-bond donors (Lipinski definition) is 1. The predicted molar refractivity (Wildman–Crippen MR) is 91.7 cm³/mol. The number of anilines is 1. The van der Waals surface area contributed by atoms with Crippen LogP contribution in [0.1, 0.15) is 15.9 Å². The molecule has 1 N–H and O–H groups in total. The van der Waals surface area contributed by atoms with E-state index in [2.05, 4.69) is 10.3 Å². The number of thiazole rings is 1. The van der Waals surface area contributed by atoms with Gasteiger partial charge in [0.2, 0.25) is 0 Å². The number of hydrogen-bond acceptors (Lipinski definition) is 3. The highest BCUT2D eigenvalue weighted by molar-refractivity contribution is 7.14. The van der Waals surface area contributed by atoms with Crippen LogP contribution in [-0.2, 0) is 0 Å². The minimum absolute atomic E-state index is 0.143. The van der Waals surface area contributed by atoms with E-state index in [-0.39, 0.29) is 5.91 Å². The molecule has 0 aliphatic heterocycles. The Hall–Kier alpha value is -2.17. The molecule has 3 rings (SSSR count). The first-order chi connectivity index (χ1) is 10.6. The van der Waals surface area contributed by atoms with Crippen LogP contribution in [0, 0.1) is 6.92 Å². The van der Waals surface area contributed by atoms with Gasteiger partial charge in [0.1, 0.15) is 0 Å². The number of aryl methyl sites for hydroxylation is 1. The Morgan fingerprint density at radius 2 is 1.86 bits per heavy atom. The molecule has 22 heavy (non-hydrogen) atoms. The van der Waals surface area contributed by atoms with Crippen LogP contribution in [0.25, 0.3) is 11.3 Å². The molecule has 0 fully saturated rings. The molecule has 0 saturated heterocycles. The third-order valence-electron chi connectivity index (χ3n) is 3.25. The van der Waals surface area contributed by atoms with Crippen molar-refractivity contribution in [1.29, 1.82) is 0 Å². The molecule has 0 bridgehead atoms. The van der Waals surface area contributed by atoms with Crippen molar-refractivity contribution in [3.8, 4) is 11.3 Å². The number of carbonyl (C=O) groups is 1. The molecule has 3 nitrogen and oxygen atoms in total. The van der Waals surface area contributed by atoms with E-state index in [9.17, 15) is 4.79 Å². The molecule has 1 aromatic heterocycles. The third-order valence-corrected chi connectivity index (χ3v) is 4.26. The second-order valence-corrected chi connectivity index (χ2v) is 6.11. The van der Waals surface area contributed by atoms with E-state index in [0.717, 1.165) is 16.8 Å². The van der Waals surface area contributed by atoms with Gasteiger partial charge in [-0.25, -0.2) is 4.98 Å². The Balaban J connectivity index is 1.78. The van der Waals surface area contributed by atoms with Gasteiger partial charge in [-0.2, -0.15) is 0 Å². The first kappa shape index (κ1) is 14.8. The van der Waals surface area contributed by atoms with Gasteiger partial charge in [0.15, 0.2) is 5.13 Å². The summed E-state index contributed by atoms with van der Waals surface area (Å²) in [6.07, 6.45) is 0. The first-order valence-electron chi connectivity index (χ1n) is 6.72. The summed E-state index contributed by atoms with van der Waals surface area (Å²) in [7, 11) is 0. The fourth-order valence-electron chi connectivity index (χ4n) is 2.08. The molecule has 3 aromatic rings. The van der Waals surface area contributed by atoms with E-state index >= 15 is 0 Å². The van der Waals surface area contributed by atoms with E-state index < -0.39 is 0 Å². The van der Waals surface area contributed by atoms with Crippen LogP contribution in [0.4, 0.5) is 5.13 Å². The van der Waals surface area contributed by atoms with Crippen molar-refractivity contribution >= 4 is 34.0 Å². The maximum absolute atomic E-state index is 12.3. The van der Waals surface area contributed by atoms with Gasteiger partial charge in [0.25, 0.3) is 5.91 Å². The summed E-state index contributed by atoms with van der Waals surface area (Å²) >= 11 is 7.28. The fourth-order valence-corrected chi connectivity index (χ4v) is 2.92. The Bertz CT molecular complexity index is 812. The Kier molecular flexibility index (Phi) is 4.22. The van der Waals surface area contributed by atoms with Crippen LogP contribution in [0.3, 0.4) is 0 Å². The smallest absolute Gasteiger partial charge is 0.257 e. The maximum Gasteiger partial charge on any atom is 0.257 e. The lowest BCUT2D eigenvalue weighted by molar-refractivity contribution is 0.102. The van der Waals surface area contributed by atoms with Crippen LogP contribution in [0.15, 0.2) is 53.9 Å². The second-order valence-electron chi connectivity index (χ2n) is 4.81. The van der Waals surface area contributed by atoms with Gasteiger partial charge in [0, 0.05) is 21.5 Å². The van der Waals surface area contributed by atoms with E-state index in [0.29, 0.717) is 15.7 Å². The number of nitrogens with one attached hydrogen (secondary N) is 1. The van der Waals surface area contributed by atoms with Gasteiger partial charge < -0.3 is 0 Å². The van der Waals surface area contributed by atoms with Gasteiger partial charge in [-0.1, -0.05) is 41.9 Å². The number of aromatic nitrogens is 1. The molecule has 0 unspecified atom stereocenters. The molecule has 0 saturated carbocycles. The molecule has 0 spiro atoms. The largest absolute Gasteiger partial charge is 0.298 e. The number of halogens is 1. The fraction of sp³-hybridized carbons (Fsp3) is 0.0588. The molecule has 0 aliphatic carbocycles. The first-order valence-corrected chi connectivity index (χ1v) is 7.98. The number of benzene rings is 2. The number of nitrogens with zero attached hydrogens (tertiary/aromatic N) is 1. The monoisotopic (exact) mass is 328 g/mol. The highest BCUT2D eigenvalue weighted by Crippen LogP contribution is 2.26. The topological polar surface area (TPSA) is 42.0 Å². The normalized spacial score (nSPS) is 10.5. The summed E-state index contributed by atoms with van der Waals surface area (Å²) in [6.45, 7) is 1.91. The molecule has 1 amide bonds. The number of amides is 1. The van der Waals surface area contributed by atoms with Gasteiger partial charge in [-0.05, 0) is 30.7 Å². The number of rotatable bonds is 3. The van der Waals surface area contributed by atoms with Crippen molar-refractivity contribution < 1.29 is 4.79 Å². The zero-order valence-electron chi connectivity index (χ0n) is 11.8. The second kappa shape index (κ2) is 6.30. The summed E-state index contributed by atoms with van der Waals surface area (Å²) in [6, 6.07) is 14.9. The van der Waals surface area contributed by atoms with Crippen molar-refractivity contribution in [3.05, 3.63) is 70.1 Å². The van der Waals surface area contributed by atoms with Crippen molar-refractivity contribution in [1.82, 2.24) is 4.98 Å². The summed E-state index contributed by atoms with van der Waals surface area (Å²) in [5.74, 6) is -0.143. The predicted octanol–water partition coefficient (Wildman–Crippen LogP) is 5.02. The zero-order chi connectivity index (χ0) is 15.5. The van der Waals surface area contributed by atoms with E-state index in [4.69, 9.17) is 11.6 Å². The lowest BCUT2D eigenvalue weighted by Crippen LogP contribution is -2.12. The molecular weight excluding hydrogens is 316 g/mol. The Morgan fingerprint density at radius 3 is 2.59 bits per heavy atom. The molecular formula is C17H13ClN2OS. The quantitative estimate of drug-likeness (QED) is 0.733. The molecule has 0 radical (unpaired) electrons. The molecule has 0 atom stereocenters. The van der Waals surface area contributed by atoms with E-state index in [1.165, 1.54) is 11.3 Å². The Labute approximate surface area is 137 Å². The molecule has 2 aromatic carbocycles. The lowest BCUT2D eigenvalue weighted by Gasteiger charge is -2.04. The van der Waals surface area contributed by atoms with Gasteiger partial charge in [-0.15, -0.1) is 11.3 Å². The van der Waals surface area contributed by atoms with Crippen LogP contribution in [0.5, 0.6) is 0 Å². The highest BCUT2D eigenvalue weighted by Gasteiger charge is 2.11. The molecule has 110 valence electrons. The molecule has 0 aliphatic rings. The zero-order valence-corrected chi connectivity index (χ0v) is 13.4. The Morgan fingerprint density at radius 1 is 1.14 bits per heavy atom. The van der Waals surface area contributed by atoms with Gasteiger partial charge in [0.05, 0.1) is 5.69 Å². The van der Waals surface area contributed by atoms with Crippen molar-refractivity contribution in [2.75, 3.05) is 5.32 Å². The van der Waals surface area contributed by atoms with Crippen molar-refractivity contribution in [2.45, 2.75) is 6.92 Å². The summed E-state index contributed by atoms with van der Waals surface area (Å²) < 4.78 is 0. The van der Waals surface area contributed by atoms with Crippen LogP contribution in [-0.4, -0.2) is 10.9 Å².